The van der Waals surface area contributed by atoms with Gasteiger partial charge in [0, 0.05) is 24.0 Å². The fourth-order valence-corrected chi connectivity index (χ4v) is 3.21. The molecule has 128 valence electrons. The number of likely N-dealkylation sites (tertiary alicyclic amines) is 1. The highest BCUT2D eigenvalue weighted by atomic mass is 19.4. The fourth-order valence-electron chi connectivity index (χ4n) is 3.21. The number of aryl methyl sites for hydroxylation is 2. The van der Waals surface area contributed by atoms with Crippen LogP contribution in [0.3, 0.4) is 0 Å². The largest absolute Gasteiger partial charge is 0.433 e. The molecule has 24 heavy (non-hydrogen) atoms. The number of nitrogens with one attached hydrogen (secondary N) is 1. The van der Waals surface area contributed by atoms with Crippen LogP contribution >= 0.6 is 0 Å². The second kappa shape index (κ2) is 5.92. The van der Waals surface area contributed by atoms with Gasteiger partial charge >= 0.3 is 6.18 Å². The van der Waals surface area contributed by atoms with Gasteiger partial charge in [-0.25, -0.2) is 0 Å². The number of amides is 1. The van der Waals surface area contributed by atoms with E-state index in [-0.39, 0.29) is 17.5 Å². The molecule has 1 amide bonds. The number of halogens is 3. The lowest BCUT2D eigenvalue weighted by Crippen LogP contribution is -2.31. The van der Waals surface area contributed by atoms with Gasteiger partial charge in [0.25, 0.3) is 5.91 Å². The summed E-state index contributed by atoms with van der Waals surface area (Å²) in [6, 6.07) is 1.91. The van der Waals surface area contributed by atoms with Crippen LogP contribution in [0.15, 0.2) is 18.3 Å². The molecule has 2 aromatic heterocycles. The first-order chi connectivity index (χ1) is 11.3. The first kappa shape index (κ1) is 16.5. The number of alkyl halides is 3. The van der Waals surface area contributed by atoms with Gasteiger partial charge in [-0.3, -0.25) is 14.9 Å². The summed E-state index contributed by atoms with van der Waals surface area (Å²) in [5.41, 5.74) is 1.89. The minimum absolute atomic E-state index is 0.112. The Morgan fingerprint density at radius 2 is 2.08 bits per heavy atom. The normalized spacial score (nSPS) is 18.2. The van der Waals surface area contributed by atoms with E-state index in [4.69, 9.17) is 0 Å². The van der Waals surface area contributed by atoms with Crippen molar-refractivity contribution in [3.05, 3.63) is 46.5 Å². The van der Waals surface area contributed by atoms with Gasteiger partial charge in [-0.1, -0.05) is 0 Å². The molecule has 0 radical (unpaired) electrons. The number of H-pyrrole nitrogens is 1. The van der Waals surface area contributed by atoms with E-state index in [2.05, 4.69) is 15.2 Å². The van der Waals surface area contributed by atoms with Gasteiger partial charge in [0.1, 0.15) is 5.69 Å². The van der Waals surface area contributed by atoms with Crippen molar-refractivity contribution in [3.8, 4) is 0 Å². The van der Waals surface area contributed by atoms with Crippen LogP contribution in [-0.4, -0.2) is 32.5 Å². The zero-order valence-electron chi connectivity index (χ0n) is 13.3. The zero-order valence-corrected chi connectivity index (χ0v) is 13.3. The molecule has 1 N–H and O–H groups in total. The Kier molecular flexibility index (Phi) is 4.06. The molecule has 0 unspecified atom stereocenters. The number of carbonyl (C=O) groups is 1. The van der Waals surface area contributed by atoms with Crippen molar-refractivity contribution >= 4 is 5.91 Å². The highest BCUT2D eigenvalue weighted by Crippen LogP contribution is 2.36. The second-order valence-electron chi connectivity index (χ2n) is 5.93. The van der Waals surface area contributed by atoms with E-state index in [1.807, 2.05) is 13.8 Å². The van der Waals surface area contributed by atoms with Crippen LogP contribution < -0.4 is 0 Å². The monoisotopic (exact) mass is 338 g/mol. The number of hydrogen-bond donors (Lipinski definition) is 1. The zero-order chi connectivity index (χ0) is 17.5. The molecule has 3 rings (SSSR count). The third-order valence-electron chi connectivity index (χ3n) is 4.33. The maximum absolute atomic E-state index is 12.7. The van der Waals surface area contributed by atoms with Crippen molar-refractivity contribution in [1.29, 1.82) is 0 Å². The van der Waals surface area contributed by atoms with Crippen molar-refractivity contribution in [1.82, 2.24) is 20.1 Å². The van der Waals surface area contributed by atoms with Crippen molar-refractivity contribution in [2.45, 2.75) is 38.9 Å². The van der Waals surface area contributed by atoms with Gasteiger partial charge in [-0.15, -0.1) is 0 Å². The fraction of sp³-hybridized carbons (Fsp3) is 0.438. The van der Waals surface area contributed by atoms with Crippen LogP contribution in [0.4, 0.5) is 13.2 Å². The Balaban J connectivity index is 1.86. The van der Waals surface area contributed by atoms with Crippen molar-refractivity contribution in [2.75, 3.05) is 6.54 Å². The summed E-state index contributed by atoms with van der Waals surface area (Å²) in [5, 5.41) is 7.08. The number of nitrogens with zero attached hydrogens (tertiary/aromatic N) is 3. The van der Waals surface area contributed by atoms with Gasteiger partial charge in [-0.05, 0) is 38.8 Å². The average molecular weight is 338 g/mol. The van der Waals surface area contributed by atoms with Crippen LogP contribution in [0, 0.1) is 13.8 Å². The van der Waals surface area contributed by atoms with Crippen LogP contribution in [-0.2, 0) is 6.18 Å². The first-order valence-electron chi connectivity index (χ1n) is 7.64. The number of aromatic nitrogens is 3. The molecule has 0 spiro atoms. The summed E-state index contributed by atoms with van der Waals surface area (Å²) >= 11 is 0. The van der Waals surface area contributed by atoms with E-state index in [9.17, 15) is 18.0 Å². The Labute approximate surface area is 136 Å². The van der Waals surface area contributed by atoms with Crippen molar-refractivity contribution in [2.24, 2.45) is 0 Å². The van der Waals surface area contributed by atoms with Gasteiger partial charge in [0.2, 0.25) is 0 Å². The Morgan fingerprint density at radius 3 is 2.62 bits per heavy atom. The molecule has 1 aliphatic rings. The highest BCUT2D eigenvalue weighted by Gasteiger charge is 2.35. The molecule has 0 saturated carbocycles. The van der Waals surface area contributed by atoms with Crippen molar-refractivity contribution in [3.63, 3.8) is 0 Å². The Bertz CT molecular complexity index is 732. The van der Waals surface area contributed by atoms with Gasteiger partial charge in [-0.2, -0.15) is 18.3 Å². The summed E-state index contributed by atoms with van der Waals surface area (Å²) in [6.45, 7) is 4.34. The molecule has 0 bridgehead atoms. The van der Waals surface area contributed by atoms with Crippen LogP contribution in [0.1, 0.15) is 51.9 Å². The SMILES string of the molecule is Cc1n[nH]c(C)c1[C@@H]1CCCN1C(=O)c1ccc(C(F)(F)F)nc1. The molecule has 0 aromatic carbocycles. The molecule has 1 saturated heterocycles. The van der Waals surface area contributed by atoms with Gasteiger partial charge in [0.05, 0.1) is 17.3 Å². The summed E-state index contributed by atoms with van der Waals surface area (Å²) in [7, 11) is 0. The molecular weight excluding hydrogens is 321 g/mol. The maximum Gasteiger partial charge on any atom is 0.433 e. The lowest BCUT2D eigenvalue weighted by Gasteiger charge is -2.25. The van der Waals surface area contributed by atoms with E-state index in [1.165, 1.54) is 6.07 Å². The third-order valence-corrected chi connectivity index (χ3v) is 4.33. The van der Waals surface area contributed by atoms with E-state index < -0.39 is 11.9 Å². The van der Waals surface area contributed by atoms with E-state index in [1.54, 1.807) is 4.90 Å². The molecule has 3 heterocycles. The molecule has 1 aliphatic heterocycles. The molecule has 2 aromatic rings. The van der Waals surface area contributed by atoms with Gasteiger partial charge < -0.3 is 4.90 Å². The number of aromatic amines is 1. The van der Waals surface area contributed by atoms with Crippen LogP contribution in [0.5, 0.6) is 0 Å². The predicted octanol–water partition coefficient (Wildman–Crippen LogP) is 3.42. The quantitative estimate of drug-likeness (QED) is 0.913. The third kappa shape index (κ3) is 2.88. The number of pyridine rings is 1. The Morgan fingerprint density at radius 1 is 1.33 bits per heavy atom. The lowest BCUT2D eigenvalue weighted by atomic mass is 10.0. The number of hydrogen-bond acceptors (Lipinski definition) is 3. The Hall–Kier alpha value is -2.38. The number of rotatable bonds is 2. The summed E-state index contributed by atoms with van der Waals surface area (Å²) in [6.07, 6.45) is -1.87. The van der Waals surface area contributed by atoms with Crippen LogP contribution in [0.2, 0.25) is 0 Å². The second-order valence-corrected chi connectivity index (χ2v) is 5.93. The van der Waals surface area contributed by atoms with E-state index in [0.717, 1.165) is 42.1 Å². The smallest absolute Gasteiger partial charge is 0.331 e. The molecule has 8 heteroatoms. The van der Waals surface area contributed by atoms with E-state index >= 15 is 0 Å². The molecule has 5 nitrogen and oxygen atoms in total. The predicted molar refractivity (Wildman–Crippen MR) is 80.3 cm³/mol. The lowest BCUT2D eigenvalue weighted by molar-refractivity contribution is -0.141. The molecule has 0 aliphatic carbocycles. The topological polar surface area (TPSA) is 61.9 Å². The van der Waals surface area contributed by atoms with E-state index in [0.29, 0.717) is 6.54 Å². The maximum atomic E-state index is 12.7. The summed E-state index contributed by atoms with van der Waals surface area (Å²) in [5.74, 6) is -0.307. The standard InChI is InChI=1S/C16H17F3N4O/c1-9-14(10(2)22-21-9)12-4-3-7-23(12)15(24)11-5-6-13(20-8-11)16(17,18)19/h5-6,8,12H,3-4,7H2,1-2H3,(H,21,22)/t12-/m0/s1. The molecular formula is C16H17F3N4O. The molecule has 1 fully saturated rings. The molecule has 1 atom stereocenters. The number of carbonyl (C=O) groups excluding carboxylic acids is 1. The first-order valence-corrected chi connectivity index (χ1v) is 7.64. The average Bonchev–Trinajstić information content (AvgIpc) is 3.12. The minimum Gasteiger partial charge on any atom is -0.331 e. The summed E-state index contributed by atoms with van der Waals surface area (Å²) in [4.78, 5) is 17.8. The minimum atomic E-state index is -4.51. The van der Waals surface area contributed by atoms with Gasteiger partial charge in [0.15, 0.2) is 0 Å². The van der Waals surface area contributed by atoms with Crippen molar-refractivity contribution < 1.29 is 18.0 Å². The summed E-state index contributed by atoms with van der Waals surface area (Å²) < 4.78 is 37.8. The highest BCUT2D eigenvalue weighted by molar-refractivity contribution is 5.94. The van der Waals surface area contributed by atoms with Crippen LogP contribution in [0.25, 0.3) is 0 Å².